The summed E-state index contributed by atoms with van der Waals surface area (Å²) >= 11 is 1.63. The molecule has 2 nitrogen and oxygen atoms in total. The zero-order valence-electron chi connectivity index (χ0n) is 12.9. The van der Waals surface area contributed by atoms with E-state index < -0.39 is 0 Å². The zero-order chi connectivity index (χ0) is 14.6. The van der Waals surface area contributed by atoms with Gasteiger partial charge in [0.15, 0.2) is 5.78 Å². The number of carbonyl (C=O) groups is 1. The standard InChI is InChI=1S/C16H25NOS/c1-9(2)12(18)11-10-7-15(3,4)8-16(5,6)13(10)19-14(11)17/h9H,7-8,17H2,1-6H3. The Hall–Kier alpha value is -0.830. The van der Waals surface area contributed by atoms with Gasteiger partial charge in [0.25, 0.3) is 0 Å². The predicted octanol–water partition coefficient (Wildman–Crippen LogP) is 4.42. The molecule has 1 aliphatic rings. The SMILES string of the molecule is CC(C)C(=O)c1c(N)sc2c1CC(C)(C)CC2(C)C. The maximum absolute atomic E-state index is 12.4. The van der Waals surface area contributed by atoms with E-state index in [1.54, 1.807) is 11.3 Å². The van der Waals surface area contributed by atoms with E-state index in [9.17, 15) is 4.79 Å². The molecule has 19 heavy (non-hydrogen) atoms. The molecule has 3 heteroatoms. The average Bonchev–Trinajstić information content (AvgIpc) is 2.51. The Bertz CT molecular complexity index is 523. The normalized spacial score (nSPS) is 20.4. The molecule has 0 spiro atoms. The maximum Gasteiger partial charge on any atom is 0.168 e. The molecule has 0 saturated carbocycles. The molecule has 1 heterocycles. The van der Waals surface area contributed by atoms with Crippen LogP contribution in [-0.4, -0.2) is 5.78 Å². The Morgan fingerprint density at radius 1 is 1.26 bits per heavy atom. The quantitative estimate of drug-likeness (QED) is 0.814. The fraction of sp³-hybridized carbons (Fsp3) is 0.688. The van der Waals surface area contributed by atoms with Crippen LogP contribution >= 0.6 is 11.3 Å². The van der Waals surface area contributed by atoms with E-state index in [0.717, 1.165) is 23.4 Å². The highest BCUT2D eigenvalue weighted by molar-refractivity contribution is 7.16. The van der Waals surface area contributed by atoms with Crippen LogP contribution in [0.25, 0.3) is 0 Å². The molecular weight excluding hydrogens is 254 g/mol. The van der Waals surface area contributed by atoms with E-state index in [2.05, 4.69) is 27.7 Å². The highest BCUT2D eigenvalue weighted by atomic mass is 32.1. The minimum atomic E-state index is 0.00847. The van der Waals surface area contributed by atoms with Crippen LogP contribution in [0.5, 0.6) is 0 Å². The van der Waals surface area contributed by atoms with E-state index in [-0.39, 0.29) is 22.5 Å². The molecular formula is C16H25NOS. The molecule has 0 atom stereocenters. The molecule has 2 N–H and O–H groups in total. The number of hydrogen-bond donors (Lipinski definition) is 1. The number of fused-ring (bicyclic) bond motifs is 1. The molecule has 0 saturated heterocycles. The van der Waals surface area contributed by atoms with Gasteiger partial charge in [0.05, 0.1) is 10.6 Å². The minimum absolute atomic E-state index is 0.00847. The van der Waals surface area contributed by atoms with Crippen LogP contribution in [0.15, 0.2) is 0 Å². The van der Waals surface area contributed by atoms with Crippen molar-refractivity contribution in [2.45, 2.75) is 59.8 Å². The third-order valence-corrected chi connectivity index (χ3v) is 5.42. The number of nitrogen functional groups attached to an aromatic ring is 1. The van der Waals surface area contributed by atoms with Crippen molar-refractivity contribution < 1.29 is 4.79 Å². The summed E-state index contributed by atoms with van der Waals surface area (Å²) in [5.74, 6) is 0.206. The van der Waals surface area contributed by atoms with Crippen molar-refractivity contribution in [1.29, 1.82) is 0 Å². The summed E-state index contributed by atoms with van der Waals surface area (Å²) in [7, 11) is 0. The number of carbonyl (C=O) groups excluding carboxylic acids is 1. The molecule has 0 bridgehead atoms. The number of hydrogen-bond acceptors (Lipinski definition) is 3. The summed E-state index contributed by atoms with van der Waals surface area (Å²) in [6.45, 7) is 13.0. The van der Waals surface area contributed by atoms with Gasteiger partial charge >= 0.3 is 0 Å². The summed E-state index contributed by atoms with van der Waals surface area (Å²) in [6.07, 6.45) is 2.11. The van der Waals surface area contributed by atoms with Crippen LogP contribution in [0.3, 0.4) is 0 Å². The molecule has 2 rings (SSSR count). The van der Waals surface area contributed by atoms with Gasteiger partial charge in [-0.1, -0.05) is 41.5 Å². The van der Waals surface area contributed by atoms with Crippen molar-refractivity contribution >= 4 is 22.1 Å². The van der Waals surface area contributed by atoms with Gasteiger partial charge in [-0.3, -0.25) is 4.79 Å². The molecule has 1 aromatic rings. The number of ketones is 1. The summed E-state index contributed by atoms with van der Waals surface area (Å²) in [5, 5.41) is 0.717. The Balaban J connectivity index is 2.63. The second-order valence-corrected chi connectivity index (χ2v) is 8.62. The van der Waals surface area contributed by atoms with Gasteiger partial charge in [-0.15, -0.1) is 11.3 Å². The molecule has 0 aliphatic heterocycles. The number of thiophene rings is 1. The lowest BCUT2D eigenvalue weighted by molar-refractivity contribution is 0.0938. The minimum Gasteiger partial charge on any atom is -0.390 e. The average molecular weight is 279 g/mol. The first-order valence-electron chi connectivity index (χ1n) is 7.01. The maximum atomic E-state index is 12.4. The second kappa shape index (κ2) is 4.34. The lowest BCUT2D eigenvalue weighted by Gasteiger charge is -2.40. The van der Waals surface area contributed by atoms with Crippen molar-refractivity contribution in [3.05, 3.63) is 16.0 Å². The van der Waals surface area contributed by atoms with E-state index in [1.807, 2.05) is 13.8 Å². The Kier molecular flexibility index (Phi) is 3.33. The van der Waals surface area contributed by atoms with Gasteiger partial charge in [-0.2, -0.15) is 0 Å². The molecule has 1 aliphatic carbocycles. The van der Waals surface area contributed by atoms with Crippen molar-refractivity contribution in [2.24, 2.45) is 11.3 Å². The summed E-state index contributed by atoms with van der Waals surface area (Å²) in [6, 6.07) is 0. The molecule has 0 aromatic carbocycles. The lowest BCUT2D eigenvalue weighted by Crippen LogP contribution is -2.34. The molecule has 0 amide bonds. The molecule has 0 unspecified atom stereocenters. The summed E-state index contributed by atoms with van der Waals surface area (Å²) < 4.78 is 0. The number of Topliss-reactive ketones (excluding diaryl/α,β-unsaturated/α-hetero) is 1. The van der Waals surface area contributed by atoms with Crippen LogP contribution in [0.4, 0.5) is 5.00 Å². The van der Waals surface area contributed by atoms with Crippen LogP contribution in [0.2, 0.25) is 0 Å². The van der Waals surface area contributed by atoms with Crippen molar-refractivity contribution in [3.63, 3.8) is 0 Å². The highest BCUT2D eigenvalue weighted by Gasteiger charge is 2.41. The zero-order valence-corrected chi connectivity index (χ0v) is 13.7. The van der Waals surface area contributed by atoms with Crippen LogP contribution in [0, 0.1) is 11.3 Å². The second-order valence-electron chi connectivity index (χ2n) is 7.57. The number of anilines is 1. The van der Waals surface area contributed by atoms with Crippen LogP contribution < -0.4 is 5.73 Å². The third kappa shape index (κ3) is 2.45. The van der Waals surface area contributed by atoms with Gasteiger partial charge in [-0.05, 0) is 29.2 Å². The summed E-state index contributed by atoms with van der Waals surface area (Å²) in [4.78, 5) is 13.8. The first kappa shape index (κ1) is 14.6. The van der Waals surface area contributed by atoms with Gasteiger partial charge in [0.1, 0.15) is 0 Å². The summed E-state index contributed by atoms with van der Waals surface area (Å²) in [5.41, 5.74) is 8.56. The monoisotopic (exact) mass is 279 g/mol. The van der Waals surface area contributed by atoms with Crippen LogP contribution in [0.1, 0.15) is 68.8 Å². The van der Waals surface area contributed by atoms with Gasteiger partial charge in [-0.25, -0.2) is 0 Å². The van der Waals surface area contributed by atoms with Gasteiger partial charge < -0.3 is 5.73 Å². The molecule has 0 fully saturated rings. The van der Waals surface area contributed by atoms with Crippen LogP contribution in [-0.2, 0) is 11.8 Å². The first-order valence-corrected chi connectivity index (χ1v) is 7.83. The Morgan fingerprint density at radius 2 is 1.84 bits per heavy atom. The van der Waals surface area contributed by atoms with Crippen molar-refractivity contribution in [1.82, 2.24) is 0 Å². The van der Waals surface area contributed by atoms with E-state index in [1.165, 1.54) is 10.4 Å². The predicted molar refractivity (Wildman–Crippen MR) is 83.0 cm³/mol. The fourth-order valence-electron chi connectivity index (χ4n) is 3.58. The third-order valence-electron chi connectivity index (χ3n) is 4.00. The smallest absolute Gasteiger partial charge is 0.168 e. The Labute approximate surface area is 120 Å². The van der Waals surface area contributed by atoms with Crippen molar-refractivity contribution in [3.8, 4) is 0 Å². The van der Waals surface area contributed by atoms with Gasteiger partial charge in [0, 0.05) is 10.8 Å². The van der Waals surface area contributed by atoms with E-state index >= 15 is 0 Å². The van der Waals surface area contributed by atoms with E-state index in [0.29, 0.717) is 0 Å². The fourth-order valence-corrected chi connectivity index (χ4v) is 4.77. The number of rotatable bonds is 2. The van der Waals surface area contributed by atoms with Gasteiger partial charge in [0.2, 0.25) is 0 Å². The first-order chi connectivity index (χ1) is 8.55. The Morgan fingerprint density at radius 3 is 2.37 bits per heavy atom. The molecule has 1 aromatic heterocycles. The molecule has 0 radical (unpaired) electrons. The largest absolute Gasteiger partial charge is 0.390 e. The molecule has 106 valence electrons. The lowest BCUT2D eigenvalue weighted by atomic mass is 9.65. The number of nitrogens with two attached hydrogens (primary N) is 1. The van der Waals surface area contributed by atoms with E-state index in [4.69, 9.17) is 5.73 Å². The topological polar surface area (TPSA) is 43.1 Å². The highest BCUT2D eigenvalue weighted by Crippen LogP contribution is 2.51. The van der Waals surface area contributed by atoms with Crippen molar-refractivity contribution in [2.75, 3.05) is 5.73 Å².